The molecule has 3 N–H and O–H groups in total. The molecule has 10 heteroatoms. The molecule has 0 radical (unpaired) electrons. The van der Waals surface area contributed by atoms with Gasteiger partial charge in [0, 0.05) is 50.3 Å². The third-order valence-electron chi connectivity index (χ3n) is 7.83. The van der Waals surface area contributed by atoms with Crippen LogP contribution in [-0.2, 0) is 22.7 Å². The summed E-state index contributed by atoms with van der Waals surface area (Å²) in [6.45, 7) is 4.02. The fraction of sp³-hybridized carbons (Fsp3) is 0.538. The lowest BCUT2D eigenvalue weighted by Crippen LogP contribution is -2.35. The highest BCUT2D eigenvalue weighted by Gasteiger charge is 2.60. The molecule has 0 spiro atoms. The first-order valence-corrected chi connectivity index (χ1v) is 12.2. The third kappa shape index (κ3) is 4.64. The molecule has 1 amide bonds. The fourth-order valence-corrected chi connectivity index (χ4v) is 5.55. The van der Waals surface area contributed by atoms with E-state index in [1.165, 1.54) is 48.5 Å². The Hall–Kier alpha value is -2.85. The molecule has 4 atom stereocenters. The lowest BCUT2D eigenvalue weighted by Gasteiger charge is -2.18. The molecule has 4 unspecified atom stereocenters. The Balaban J connectivity index is 0.000000323. The van der Waals surface area contributed by atoms with Gasteiger partial charge in [0.05, 0.1) is 35.6 Å². The molecular weight excluding hydrogens is 473 g/mol. The second-order valence-corrected chi connectivity index (χ2v) is 10.7. The van der Waals surface area contributed by atoms with E-state index >= 15 is 0 Å². The van der Waals surface area contributed by atoms with Gasteiger partial charge in [-0.25, -0.2) is 13.2 Å². The van der Waals surface area contributed by atoms with Crippen LogP contribution in [0.25, 0.3) is 0 Å². The summed E-state index contributed by atoms with van der Waals surface area (Å²) in [5.74, 6) is -2.58. The number of pyridine rings is 1. The lowest BCUT2D eigenvalue weighted by molar-refractivity contribution is 0.0136. The number of nitrogens with zero attached hydrogens (tertiary/aromatic N) is 2. The van der Waals surface area contributed by atoms with E-state index in [2.05, 4.69) is 17.3 Å². The van der Waals surface area contributed by atoms with Crippen molar-refractivity contribution in [2.45, 2.75) is 37.8 Å². The van der Waals surface area contributed by atoms with Gasteiger partial charge in [-0.05, 0) is 31.7 Å². The number of alkyl halides is 2. The Morgan fingerprint density at radius 1 is 1.31 bits per heavy atom. The molecule has 7 nitrogen and oxygen atoms in total. The number of amides is 1. The zero-order valence-electron chi connectivity index (χ0n) is 20.4. The molecule has 2 saturated heterocycles. The number of carbonyl (C=O) groups excluding carboxylic acids is 1. The van der Waals surface area contributed by atoms with Gasteiger partial charge in [0.1, 0.15) is 5.82 Å². The maximum Gasteiger partial charge on any atom is 0.273 e. The number of anilines is 1. The van der Waals surface area contributed by atoms with Crippen LogP contribution in [-0.4, -0.2) is 48.7 Å². The van der Waals surface area contributed by atoms with E-state index in [4.69, 9.17) is 10.5 Å². The molecule has 6 rings (SSSR count). The normalized spacial score (nSPS) is 28.1. The topological polar surface area (TPSA) is 89.6 Å². The molecule has 2 aliphatic carbocycles. The molecule has 2 aromatic rings. The number of carbonyl (C=O) groups is 1. The number of rotatable bonds is 5. The number of nitrogens with one attached hydrogen (secondary N) is 1. The Labute approximate surface area is 207 Å². The highest BCUT2D eigenvalue weighted by atomic mass is 19.3. The van der Waals surface area contributed by atoms with E-state index in [0.717, 1.165) is 24.3 Å². The van der Waals surface area contributed by atoms with Crippen LogP contribution in [0.3, 0.4) is 0 Å². The Morgan fingerprint density at radius 2 is 2.03 bits per heavy atom. The van der Waals surface area contributed by atoms with Gasteiger partial charge >= 0.3 is 0 Å². The van der Waals surface area contributed by atoms with Gasteiger partial charge in [0.25, 0.3) is 17.4 Å². The molecule has 194 valence electrons. The van der Waals surface area contributed by atoms with Gasteiger partial charge in [-0.15, -0.1) is 0 Å². The summed E-state index contributed by atoms with van der Waals surface area (Å²) >= 11 is 0. The first-order valence-electron chi connectivity index (χ1n) is 12.2. The van der Waals surface area contributed by atoms with Crippen molar-refractivity contribution in [3.63, 3.8) is 0 Å². The molecule has 2 aliphatic heterocycles. The standard InChI is InChI=1S/C20H20F3N3O3.C6H11N/c1-19(22,23)14-4-2-3-11(17(14)21)7-25-18(28)13-8-26(16(27)5-15(13)24)20-6-12(20)9-29-10-20;1-7-3-5-2-6(5)4-7/h2-5,8,12H,6-7,9-10,24H2,1H3,(H,25,28);5-6H,2-4H2,1H3. The van der Waals surface area contributed by atoms with E-state index < -0.39 is 28.7 Å². The first-order chi connectivity index (χ1) is 17.0. The lowest BCUT2D eigenvalue weighted by atomic mass is 10.0. The van der Waals surface area contributed by atoms with Crippen LogP contribution < -0.4 is 16.6 Å². The quantitative estimate of drug-likeness (QED) is 0.654. The van der Waals surface area contributed by atoms with Gasteiger partial charge in [0.2, 0.25) is 0 Å². The highest BCUT2D eigenvalue weighted by Crippen LogP contribution is 2.54. The number of likely N-dealkylation sites (tertiary alicyclic amines) is 1. The largest absolute Gasteiger partial charge is 0.398 e. The molecule has 4 fully saturated rings. The van der Waals surface area contributed by atoms with E-state index in [1.807, 2.05) is 0 Å². The van der Waals surface area contributed by atoms with Gasteiger partial charge in [-0.1, -0.05) is 18.2 Å². The maximum absolute atomic E-state index is 14.4. The summed E-state index contributed by atoms with van der Waals surface area (Å²) in [7, 11) is 2.21. The third-order valence-corrected chi connectivity index (χ3v) is 7.83. The first kappa shape index (κ1) is 24.8. The number of nitrogens with two attached hydrogens (primary N) is 1. The summed E-state index contributed by atoms with van der Waals surface area (Å²) in [5.41, 5.74) is 4.33. The molecule has 1 aromatic carbocycles. The van der Waals surface area contributed by atoms with Crippen LogP contribution >= 0.6 is 0 Å². The molecule has 3 heterocycles. The smallest absolute Gasteiger partial charge is 0.273 e. The van der Waals surface area contributed by atoms with Crippen molar-refractivity contribution in [1.82, 2.24) is 14.8 Å². The second kappa shape index (κ2) is 8.92. The number of piperidine rings is 1. The van der Waals surface area contributed by atoms with Crippen molar-refractivity contribution >= 4 is 11.6 Å². The van der Waals surface area contributed by atoms with E-state index in [0.29, 0.717) is 20.1 Å². The van der Waals surface area contributed by atoms with E-state index in [-0.39, 0.29) is 34.8 Å². The molecule has 36 heavy (non-hydrogen) atoms. The van der Waals surface area contributed by atoms with Crippen LogP contribution in [0.2, 0.25) is 0 Å². The number of fused-ring (bicyclic) bond motifs is 2. The number of hydrogen-bond donors (Lipinski definition) is 2. The SMILES string of the molecule is CC(F)(F)c1cccc(CNC(=O)c2cn(C34COCC3C4)c(=O)cc2N)c1F.CN1CC2CC2C1. The Kier molecular flexibility index (Phi) is 6.15. The summed E-state index contributed by atoms with van der Waals surface area (Å²) in [6.07, 6.45) is 3.72. The molecule has 2 saturated carbocycles. The van der Waals surface area contributed by atoms with Crippen molar-refractivity contribution in [2.24, 2.45) is 17.8 Å². The van der Waals surface area contributed by atoms with Crippen LogP contribution in [0.4, 0.5) is 18.9 Å². The average molecular weight is 505 g/mol. The predicted molar refractivity (Wildman–Crippen MR) is 128 cm³/mol. The van der Waals surface area contributed by atoms with Crippen molar-refractivity contribution in [3.8, 4) is 0 Å². The number of aromatic nitrogens is 1. The van der Waals surface area contributed by atoms with Crippen molar-refractivity contribution in [2.75, 3.05) is 39.1 Å². The van der Waals surface area contributed by atoms with Crippen LogP contribution in [0.1, 0.15) is 41.3 Å². The molecule has 0 bridgehead atoms. The van der Waals surface area contributed by atoms with Gasteiger partial charge < -0.3 is 25.3 Å². The zero-order valence-corrected chi connectivity index (χ0v) is 20.4. The second-order valence-electron chi connectivity index (χ2n) is 10.7. The summed E-state index contributed by atoms with van der Waals surface area (Å²) < 4.78 is 48.2. The van der Waals surface area contributed by atoms with Crippen molar-refractivity contribution < 1.29 is 22.7 Å². The number of benzene rings is 1. The maximum atomic E-state index is 14.4. The van der Waals surface area contributed by atoms with Gasteiger partial charge in [0.15, 0.2) is 0 Å². The Morgan fingerprint density at radius 3 is 2.58 bits per heavy atom. The number of hydrogen-bond acceptors (Lipinski definition) is 5. The summed E-state index contributed by atoms with van der Waals surface area (Å²) in [4.78, 5) is 27.4. The predicted octanol–water partition coefficient (Wildman–Crippen LogP) is 2.92. The van der Waals surface area contributed by atoms with E-state index in [9.17, 15) is 22.8 Å². The Bertz CT molecular complexity index is 1230. The van der Waals surface area contributed by atoms with Gasteiger partial charge in [-0.2, -0.15) is 0 Å². The van der Waals surface area contributed by atoms with Crippen molar-refractivity contribution in [3.05, 3.63) is 63.3 Å². The molecular formula is C26H31F3N4O3. The minimum absolute atomic E-state index is 0.00872. The van der Waals surface area contributed by atoms with Gasteiger partial charge in [-0.3, -0.25) is 9.59 Å². The summed E-state index contributed by atoms with van der Waals surface area (Å²) in [5, 5.41) is 2.49. The average Bonchev–Trinajstić information content (AvgIpc) is 3.62. The highest BCUT2D eigenvalue weighted by molar-refractivity contribution is 5.98. The summed E-state index contributed by atoms with van der Waals surface area (Å²) in [6, 6.07) is 4.80. The fourth-order valence-electron chi connectivity index (χ4n) is 5.55. The number of halogens is 3. The minimum Gasteiger partial charge on any atom is -0.398 e. The zero-order chi connectivity index (χ0) is 25.8. The molecule has 4 aliphatic rings. The molecule has 1 aromatic heterocycles. The van der Waals surface area contributed by atoms with Crippen molar-refractivity contribution in [1.29, 1.82) is 0 Å². The van der Waals surface area contributed by atoms with Crippen LogP contribution in [0.5, 0.6) is 0 Å². The number of nitrogen functional groups attached to an aromatic ring is 1. The number of ether oxygens (including phenoxy) is 1. The monoisotopic (exact) mass is 504 g/mol. The van der Waals surface area contributed by atoms with Crippen LogP contribution in [0.15, 0.2) is 35.3 Å². The minimum atomic E-state index is -3.34. The van der Waals surface area contributed by atoms with Crippen LogP contribution in [0, 0.1) is 23.6 Å². The van der Waals surface area contributed by atoms with E-state index in [1.54, 1.807) is 0 Å².